The van der Waals surface area contributed by atoms with Crippen LogP contribution in [0.4, 0.5) is 0 Å². The van der Waals surface area contributed by atoms with E-state index in [1.807, 2.05) is 39.1 Å². The van der Waals surface area contributed by atoms with Gasteiger partial charge in [0.15, 0.2) is 0 Å². The molecule has 0 saturated carbocycles. The summed E-state index contributed by atoms with van der Waals surface area (Å²) in [5.74, 6) is 0.175. The first-order valence-electron chi connectivity index (χ1n) is 5.60. The van der Waals surface area contributed by atoms with Crippen molar-refractivity contribution in [3.63, 3.8) is 0 Å². The summed E-state index contributed by atoms with van der Waals surface area (Å²) in [6.45, 7) is 4.05. The third kappa shape index (κ3) is 2.79. The topological polar surface area (TPSA) is 32.3 Å². The molecule has 0 aliphatic carbocycles. The van der Waals surface area contributed by atoms with Gasteiger partial charge in [0.05, 0.1) is 11.7 Å². The predicted octanol–water partition coefficient (Wildman–Crippen LogP) is 1.82. The highest BCUT2D eigenvalue weighted by Gasteiger charge is 2.41. The molecule has 17 heavy (non-hydrogen) atoms. The Kier molecular flexibility index (Phi) is 4.17. The lowest BCUT2D eigenvalue weighted by atomic mass is 10.1. The second-order valence-corrected chi connectivity index (χ2v) is 4.84. The van der Waals surface area contributed by atoms with Crippen molar-refractivity contribution < 1.29 is 4.79 Å². The van der Waals surface area contributed by atoms with Gasteiger partial charge in [-0.1, -0.05) is 30.3 Å². The maximum atomic E-state index is 12.0. The van der Waals surface area contributed by atoms with E-state index >= 15 is 0 Å². The smallest absolute Gasteiger partial charge is 0.241 e. The first-order chi connectivity index (χ1) is 7.50. The molecule has 1 amide bonds. The second-order valence-electron chi connectivity index (χ2n) is 4.84. The quantitative estimate of drug-likeness (QED) is 0.873. The van der Waals surface area contributed by atoms with Gasteiger partial charge in [0, 0.05) is 7.05 Å². The number of nitrogens with zero attached hydrogens (tertiary/aromatic N) is 1. The number of benzene rings is 1. The molecule has 1 fully saturated rings. The van der Waals surface area contributed by atoms with Gasteiger partial charge in [-0.3, -0.25) is 10.1 Å². The number of nitrogens with one attached hydrogen (secondary N) is 1. The summed E-state index contributed by atoms with van der Waals surface area (Å²) < 4.78 is 0. The molecule has 1 heterocycles. The van der Waals surface area contributed by atoms with Crippen LogP contribution < -0.4 is 5.32 Å². The van der Waals surface area contributed by atoms with E-state index in [-0.39, 0.29) is 30.0 Å². The molecule has 1 aliphatic rings. The van der Waals surface area contributed by atoms with E-state index in [2.05, 4.69) is 17.4 Å². The normalized spacial score (nSPS) is 22.4. The van der Waals surface area contributed by atoms with Gasteiger partial charge >= 0.3 is 0 Å². The summed E-state index contributed by atoms with van der Waals surface area (Å²) in [6.07, 6.45) is 0.757. The van der Waals surface area contributed by atoms with Crippen LogP contribution >= 0.6 is 12.4 Å². The minimum atomic E-state index is -0.240. The second kappa shape index (κ2) is 5.07. The number of hydrogen-bond acceptors (Lipinski definition) is 2. The van der Waals surface area contributed by atoms with Crippen molar-refractivity contribution in [2.24, 2.45) is 0 Å². The molecular formula is C13H19ClN2O. The van der Waals surface area contributed by atoms with Crippen LogP contribution in [0, 0.1) is 0 Å². The average molecular weight is 255 g/mol. The first kappa shape index (κ1) is 14.0. The number of carbonyl (C=O) groups is 1. The first-order valence-corrected chi connectivity index (χ1v) is 5.60. The molecule has 1 aromatic rings. The van der Waals surface area contributed by atoms with E-state index in [0.717, 1.165) is 6.42 Å². The summed E-state index contributed by atoms with van der Waals surface area (Å²) in [5, 5.41) is 3.35. The minimum Gasteiger partial charge on any atom is -0.327 e. The van der Waals surface area contributed by atoms with Crippen molar-refractivity contribution in [2.45, 2.75) is 32.0 Å². The Bertz CT molecular complexity index is 392. The molecule has 1 atom stereocenters. The molecular weight excluding hydrogens is 236 g/mol. The van der Waals surface area contributed by atoms with Gasteiger partial charge in [0.25, 0.3) is 0 Å². The molecule has 0 spiro atoms. The molecule has 94 valence electrons. The molecule has 1 aromatic carbocycles. The van der Waals surface area contributed by atoms with Crippen molar-refractivity contribution in [3.05, 3.63) is 35.9 Å². The zero-order valence-corrected chi connectivity index (χ0v) is 11.3. The third-order valence-electron chi connectivity index (χ3n) is 3.28. The van der Waals surface area contributed by atoms with Crippen LogP contribution in [0.2, 0.25) is 0 Å². The Hall–Kier alpha value is -1.06. The SMILES string of the molecule is CN1C(=O)C(Cc2ccccc2)NC1(C)C.Cl. The average Bonchev–Trinajstić information content (AvgIpc) is 2.44. The van der Waals surface area contributed by atoms with E-state index < -0.39 is 0 Å². The summed E-state index contributed by atoms with van der Waals surface area (Å²) in [7, 11) is 1.85. The molecule has 2 rings (SSSR count). The Morgan fingerprint density at radius 3 is 2.35 bits per heavy atom. The molecule has 1 N–H and O–H groups in total. The lowest BCUT2D eigenvalue weighted by molar-refractivity contribution is -0.129. The van der Waals surface area contributed by atoms with E-state index in [4.69, 9.17) is 0 Å². The van der Waals surface area contributed by atoms with Crippen molar-refractivity contribution in [3.8, 4) is 0 Å². The van der Waals surface area contributed by atoms with Crippen molar-refractivity contribution in [1.29, 1.82) is 0 Å². The van der Waals surface area contributed by atoms with Crippen LogP contribution in [-0.2, 0) is 11.2 Å². The zero-order chi connectivity index (χ0) is 11.8. The Balaban J connectivity index is 0.00000144. The number of likely N-dealkylation sites (N-methyl/N-ethyl adjacent to an activating group) is 1. The number of halogens is 1. The predicted molar refractivity (Wildman–Crippen MR) is 71.2 cm³/mol. The number of rotatable bonds is 2. The largest absolute Gasteiger partial charge is 0.327 e. The summed E-state index contributed by atoms with van der Waals surface area (Å²) in [4.78, 5) is 13.8. The van der Waals surface area contributed by atoms with E-state index in [9.17, 15) is 4.79 Å². The molecule has 1 saturated heterocycles. The highest BCUT2D eigenvalue weighted by atomic mass is 35.5. The van der Waals surface area contributed by atoms with Gasteiger partial charge < -0.3 is 4.90 Å². The highest BCUT2D eigenvalue weighted by molar-refractivity contribution is 5.85. The van der Waals surface area contributed by atoms with E-state index in [1.165, 1.54) is 5.56 Å². The zero-order valence-electron chi connectivity index (χ0n) is 10.4. The van der Waals surface area contributed by atoms with Crippen LogP contribution in [0.15, 0.2) is 30.3 Å². The van der Waals surface area contributed by atoms with Crippen LogP contribution in [-0.4, -0.2) is 29.6 Å². The number of amides is 1. The van der Waals surface area contributed by atoms with Crippen molar-refractivity contribution in [1.82, 2.24) is 10.2 Å². The van der Waals surface area contributed by atoms with Gasteiger partial charge in [-0.05, 0) is 25.8 Å². The molecule has 0 aromatic heterocycles. The molecule has 1 unspecified atom stereocenters. The Labute approximate surface area is 109 Å². The van der Waals surface area contributed by atoms with Crippen LogP contribution in [0.1, 0.15) is 19.4 Å². The van der Waals surface area contributed by atoms with Gasteiger partial charge in [0.1, 0.15) is 0 Å². The van der Waals surface area contributed by atoms with Gasteiger partial charge in [0.2, 0.25) is 5.91 Å². The third-order valence-corrected chi connectivity index (χ3v) is 3.28. The van der Waals surface area contributed by atoms with Crippen LogP contribution in [0.25, 0.3) is 0 Å². The standard InChI is InChI=1S/C13H18N2O.ClH/c1-13(2)14-11(12(16)15(13)3)9-10-7-5-4-6-8-10;/h4-8,11,14H,9H2,1-3H3;1H. The lowest BCUT2D eigenvalue weighted by Crippen LogP contribution is -2.45. The molecule has 0 bridgehead atoms. The molecule has 4 heteroatoms. The van der Waals surface area contributed by atoms with Crippen molar-refractivity contribution >= 4 is 18.3 Å². The van der Waals surface area contributed by atoms with Crippen LogP contribution in [0.5, 0.6) is 0 Å². The maximum Gasteiger partial charge on any atom is 0.241 e. The Morgan fingerprint density at radius 1 is 1.29 bits per heavy atom. The molecule has 0 radical (unpaired) electrons. The fourth-order valence-corrected chi connectivity index (χ4v) is 2.08. The number of hydrogen-bond donors (Lipinski definition) is 1. The molecule has 1 aliphatic heterocycles. The fraction of sp³-hybridized carbons (Fsp3) is 0.462. The van der Waals surface area contributed by atoms with E-state index in [0.29, 0.717) is 0 Å². The fourth-order valence-electron chi connectivity index (χ4n) is 2.08. The lowest BCUT2D eigenvalue weighted by Gasteiger charge is -2.27. The van der Waals surface area contributed by atoms with E-state index in [1.54, 1.807) is 4.90 Å². The summed E-state index contributed by atoms with van der Waals surface area (Å²) in [6, 6.07) is 10.0. The maximum absolute atomic E-state index is 12.0. The minimum absolute atomic E-state index is 0. The van der Waals surface area contributed by atoms with Gasteiger partial charge in [-0.2, -0.15) is 0 Å². The monoisotopic (exact) mass is 254 g/mol. The van der Waals surface area contributed by atoms with Gasteiger partial charge in [-0.25, -0.2) is 0 Å². The summed E-state index contributed by atoms with van der Waals surface area (Å²) in [5.41, 5.74) is 0.954. The molecule has 3 nitrogen and oxygen atoms in total. The van der Waals surface area contributed by atoms with Gasteiger partial charge in [-0.15, -0.1) is 12.4 Å². The number of carbonyl (C=O) groups excluding carboxylic acids is 1. The summed E-state index contributed by atoms with van der Waals surface area (Å²) >= 11 is 0. The van der Waals surface area contributed by atoms with Crippen LogP contribution in [0.3, 0.4) is 0 Å². The van der Waals surface area contributed by atoms with Crippen molar-refractivity contribution in [2.75, 3.05) is 7.05 Å². The Morgan fingerprint density at radius 2 is 1.88 bits per heavy atom. The highest BCUT2D eigenvalue weighted by Crippen LogP contribution is 2.20.